The van der Waals surface area contributed by atoms with Crippen LogP contribution in [0, 0.1) is 28.6 Å². The zero-order valence-corrected chi connectivity index (χ0v) is 23.1. The molecular formula is C26H36FN3O12. The van der Waals surface area contributed by atoms with Gasteiger partial charge in [-0.3, -0.25) is 40.0 Å². The average molecular weight is 602 g/mol. The number of rotatable bonds is 11. The minimum absolute atomic E-state index is 0.0189. The molecule has 16 heteroatoms. The third kappa shape index (κ3) is 5.78. The molecule has 0 saturated heterocycles. The zero-order valence-electron chi connectivity index (χ0n) is 23.1. The molecule has 4 aliphatic carbocycles. The monoisotopic (exact) mass is 601 g/mol. The van der Waals surface area contributed by atoms with Crippen LogP contribution < -0.4 is 5.32 Å². The summed E-state index contributed by atoms with van der Waals surface area (Å²) in [6, 6.07) is 0. The summed E-state index contributed by atoms with van der Waals surface area (Å²) in [6.07, 6.45) is 3.08. The van der Waals surface area contributed by atoms with Crippen molar-refractivity contribution in [3.8, 4) is 0 Å². The third-order valence-electron chi connectivity index (χ3n) is 9.66. The van der Waals surface area contributed by atoms with Crippen LogP contribution in [0.5, 0.6) is 0 Å². The maximum absolute atomic E-state index is 17.1. The lowest BCUT2D eigenvalue weighted by molar-refractivity contribution is -0.522. The first-order chi connectivity index (χ1) is 19.6. The molecule has 6 N–H and O–H groups in total. The third-order valence-corrected chi connectivity index (χ3v) is 9.66. The average Bonchev–Trinajstić information content (AvgIpc) is 3.25. The van der Waals surface area contributed by atoms with Crippen LogP contribution in [0.25, 0.3) is 0 Å². The van der Waals surface area contributed by atoms with Gasteiger partial charge in [-0.25, -0.2) is 14.1 Å². The maximum Gasteiger partial charge on any atom is 0.325 e. The number of nitrogens with one attached hydrogen (secondary N) is 1. The molecular weight excluding hydrogens is 565 g/mol. The highest BCUT2D eigenvalue weighted by Gasteiger charge is 2.70. The van der Waals surface area contributed by atoms with Gasteiger partial charge in [0.05, 0.1) is 16.9 Å². The van der Waals surface area contributed by atoms with Gasteiger partial charge in [-0.05, 0) is 62.5 Å². The van der Waals surface area contributed by atoms with E-state index in [1.807, 2.05) is 6.92 Å². The van der Waals surface area contributed by atoms with Crippen molar-refractivity contribution in [3.05, 3.63) is 23.8 Å². The van der Waals surface area contributed by atoms with Crippen LogP contribution in [0.3, 0.4) is 0 Å². The Morgan fingerprint density at radius 1 is 1.12 bits per heavy atom. The molecule has 3 saturated carbocycles. The number of aliphatic hydroxyl groups is 1. The summed E-state index contributed by atoms with van der Waals surface area (Å²) < 4.78 is 22.1. The van der Waals surface area contributed by atoms with E-state index in [4.69, 9.17) is 25.6 Å². The van der Waals surface area contributed by atoms with Crippen molar-refractivity contribution in [1.82, 2.24) is 16.1 Å². The topological polar surface area (TPSA) is 216 Å². The molecule has 0 aromatic carbocycles. The summed E-state index contributed by atoms with van der Waals surface area (Å²) in [6.45, 7) is 1.32. The number of carbonyl (C=O) groups excluding carboxylic acids is 4. The first kappa shape index (κ1) is 32.2. The van der Waals surface area contributed by atoms with Gasteiger partial charge >= 0.3 is 5.97 Å². The number of carbonyl (C=O) groups is 4. The largest absolute Gasteiger partial charge is 0.456 e. The number of Topliss-reactive ketones (excluding diaryl/α,β-unsaturated/α-hetero) is 1. The fourth-order valence-electron chi connectivity index (χ4n) is 7.72. The van der Waals surface area contributed by atoms with E-state index in [0.717, 1.165) is 0 Å². The molecule has 4 aliphatic rings. The van der Waals surface area contributed by atoms with Crippen molar-refractivity contribution >= 4 is 23.4 Å². The number of hydrogen-bond acceptors (Lipinski definition) is 14. The molecule has 8 atom stereocenters. The summed E-state index contributed by atoms with van der Waals surface area (Å²) in [5, 5.41) is 46.5. The van der Waals surface area contributed by atoms with Gasteiger partial charge in [0.2, 0.25) is 0 Å². The van der Waals surface area contributed by atoms with E-state index in [1.165, 1.54) is 12.2 Å². The Labute approximate surface area is 239 Å². The summed E-state index contributed by atoms with van der Waals surface area (Å²) in [5.74, 6) is -4.10. The number of nitrogens with zero attached hydrogens (tertiary/aromatic N) is 2. The number of halogens is 1. The van der Waals surface area contributed by atoms with Gasteiger partial charge < -0.3 is 15.2 Å². The van der Waals surface area contributed by atoms with Crippen molar-refractivity contribution < 1.29 is 63.9 Å². The van der Waals surface area contributed by atoms with Crippen LogP contribution in [0.2, 0.25) is 0 Å². The molecule has 15 nitrogen and oxygen atoms in total. The lowest BCUT2D eigenvalue weighted by Crippen LogP contribution is -2.66. The van der Waals surface area contributed by atoms with Gasteiger partial charge in [-0.2, -0.15) is 0 Å². The van der Waals surface area contributed by atoms with Crippen LogP contribution in [0.15, 0.2) is 23.8 Å². The van der Waals surface area contributed by atoms with E-state index in [2.05, 4.69) is 15.0 Å². The van der Waals surface area contributed by atoms with Crippen LogP contribution >= 0.6 is 0 Å². The standard InChI is InChI=1S/C26H36FN3O12/c1-24-10-21(33)26(27)17(4-3-14-9-15(31)7-8-25(14,26)2)16(24)5-6-18(24)19(32)12-40-22(34)11-28-23(35)20(42-30(38)39)13-41-29(36)37/h7-9,16-18,20-21,33,36-39H,3-6,10-13H2,1-2H3,(H,28,35)/t16?,17-,18?,20?,21-,24-,25-,26?/m0/s1. The fourth-order valence-corrected chi connectivity index (χ4v) is 7.72. The number of esters is 1. The number of amides is 1. The Balaban J connectivity index is 1.36. The van der Waals surface area contributed by atoms with E-state index < -0.39 is 88.7 Å². The summed E-state index contributed by atoms with van der Waals surface area (Å²) in [5.41, 5.74) is -3.23. The maximum atomic E-state index is 17.1. The van der Waals surface area contributed by atoms with Gasteiger partial charge in [0.1, 0.15) is 19.8 Å². The number of ketones is 2. The molecule has 0 aromatic heterocycles. The molecule has 4 unspecified atom stereocenters. The van der Waals surface area contributed by atoms with Gasteiger partial charge in [0.25, 0.3) is 5.91 Å². The molecule has 0 radical (unpaired) electrons. The van der Waals surface area contributed by atoms with Crippen LogP contribution in [-0.4, -0.2) is 97.8 Å². The number of ether oxygens (including phenoxy) is 1. The Morgan fingerprint density at radius 3 is 2.50 bits per heavy atom. The van der Waals surface area contributed by atoms with Gasteiger partial charge in [0.15, 0.2) is 23.3 Å². The molecule has 0 spiro atoms. The molecule has 42 heavy (non-hydrogen) atoms. The first-order valence-corrected chi connectivity index (χ1v) is 13.6. The quantitative estimate of drug-likeness (QED) is 0.141. The Kier molecular flexibility index (Phi) is 9.32. The molecule has 0 bridgehead atoms. The SMILES string of the molecule is C[C@]12C[C@H](O)C3(F)[C@@H](CCC4=CC(=O)C=C[C@@]43C)C1CCC2C(=O)COC(=O)CNC(=O)C(CON(O)O)ON(O)O. The molecule has 3 fully saturated rings. The van der Waals surface area contributed by atoms with E-state index in [9.17, 15) is 24.3 Å². The molecule has 0 aromatic rings. The van der Waals surface area contributed by atoms with Gasteiger partial charge in [-0.1, -0.05) is 18.6 Å². The number of aliphatic hydroxyl groups excluding tert-OH is 1. The van der Waals surface area contributed by atoms with Crippen LogP contribution in [-0.2, 0) is 33.6 Å². The Hall–Kier alpha value is -2.67. The smallest absolute Gasteiger partial charge is 0.325 e. The fraction of sp³-hybridized carbons (Fsp3) is 0.692. The second-order valence-corrected chi connectivity index (χ2v) is 11.7. The van der Waals surface area contributed by atoms with E-state index in [0.29, 0.717) is 31.3 Å². The number of allylic oxidation sites excluding steroid dienone is 4. The van der Waals surface area contributed by atoms with Crippen molar-refractivity contribution in [1.29, 1.82) is 0 Å². The lowest BCUT2D eigenvalue weighted by atomic mass is 9.45. The normalized spacial score (nSPS) is 36.1. The second-order valence-electron chi connectivity index (χ2n) is 11.7. The highest BCUT2D eigenvalue weighted by Crippen LogP contribution is 2.68. The molecule has 0 heterocycles. The molecule has 4 rings (SSSR count). The summed E-state index contributed by atoms with van der Waals surface area (Å²) in [7, 11) is 0. The first-order valence-electron chi connectivity index (χ1n) is 13.6. The molecule has 0 aliphatic heterocycles. The minimum Gasteiger partial charge on any atom is -0.456 e. The number of fused-ring (bicyclic) bond motifs is 5. The summed E-state index contributed by atoms with van der Waals surface area (Å²) in [4.78, 5) is 58.1. The van der Waals surface area contributed by atoms with Crippen LogP contribution in [0.1, 0.15) is 46.0 Å². The van der Waals surface area contributed by atoms with Crippen molar-refractivity contribution in [3.63, 3.8) is 0 Å². The predicted molar refractivity (Wildman–Crippen MR) is 132 cm³/mol. The number of alkyl halides is 1. The lowest BCUT2D eigenvalue weighted by Gasteiger charge is -2.62. The summed E-state index contributed by atoms with van der Waals surface area (Å²) >= 11 is 0. The highest BCUT2D eigenvalue weighted by atomic mass is 19.1. The van der Waals surface area contributed by atoms with Crippen molar-refractivity contribution in [2.75, 3.05) is 19.8 Å². The Morgan fingerprint density at radius 2 is 1.83 bits per heavy atom. The van der Waals surface area contributed by atoms with Crippen LogP contribution in [0.4, 0.5) is 4.39 Å². The van der Waals surface area contributed by atoms with E-state index in [-0.39, 0.29) is 18.1 Å². The Bertz CT molecular complexity index is 1160. The van der Waals surface area contributed by atoms with Crippen molar-refractivity contribution in [2.45, 2.75) is 63.8 Å². The van der Waals surface area contributed by atoms with Gasteiger partial charge in [0, 0.05) is 17.3 Å². The minimum atomic E-state index is -2.01. The molecule has 234 valence electrons. The van der Waals surface area contributed by atoms with Crippen molar-refractivity contribution in [2.24, 2.45) is 28.6 Å². The predicted octanol–water partition coefficient (Wildman–Crippen LogP) is 0.595. The highest BCUT2D eigenvalue weighted by molar-refractivity contribution is 6.01. The van der Waals surface area contributed by atoms with E-state index >= 15 is 4.39 Å². The molecule has 1 amide bonds. The van der Waals surface area contributed by atoms with Gasteiger partial charge in [-0.15, -0.1) is 0 Å². The second kappa shape index (κ2) is 12.1. The van der Waals surface area contributed by atoms with E-state index in [1.54, 1.807) is 13.0 Å². The zero-order chi connectivity index (χ0) is 31.0. The number of hydrogen-bond donors (Lipinski definition) is 6.